The molecule has 0 aliphatic rings. The van der Waals surface area contributed by atoms with E-state index >= 15 is 0 Å². The number of nitrogens with one attached hydrogen (secondary N) is 1. The number of halogens is 2. The van der Waals surface area contributed by atoms with Crippen LogP contribution in [0.1, 0.15) is 41.3 Å². The van der Waals surface area contributed by atoms with Gasteiger partial charge in [0, 0.05) is 14.9 Å². The van der Waals surface area contributed by atoms with Gasteiger partial charge in [0.1, 0.15) is 11.5 Å². The van der Waals surface area contributed by atoms with Crippen LogP contribution in [0.15, 0.2) is 24.8 Å². The smallest absolute Gasteiger partial charge is 0.106 e. The normalized spacial score (nSPS) is 12.9. The molecule has 2 rings (SSSR count). The summed E-state index contributed by atoms with van der Waals surface area (Å²) in [6.07, 6.45) is 1.11. The molecule has 2 nitrogen and oxygen atoms in total. The lowest BCUT2D eigenvalue weighted by atomic mass is 10.1. The first kappa shape index (κ1) is 15.3. The Morgan fingerprint density at radius 3 is 2.53 bits per heavy atom. The zero-order valence-corrected chi connectivity index (χ0v) is 15.2. The van der Waals surface area contributed by atoms with Gasteiger partial charge in [-0.05, 0) is 70.8 Å². The summed E-state index contributed by atoms with van der Waals surface area (Å²) in [6.45, 7) is 7.19. The lowest BCUT2D eigenvalue weighted by Gasteiger charge is -2.16. The van der Waals surface area contributed by atoms with Crippen LogP contribution in [0.5, 0.6) is 0 Å². The first-order valence-electron chi connectivity index (χ1n) is 6.28. The summed E-state index contributed by atoms with van der Waals surface area (Å²) >= 11 is 8.88. The average molecular weight is 407 g/mol. The molecule has 2 aromatic rings. The maximum Gasteiger partial charge on any atom is 0.106 e. The summed E-state index contributed by atoms with van der Waals surface area (Å²) in [5.74, 6) is 1.96. The molecule has 104 valence electrons. The highest BCUT2D eigenvalue weighted by Gasteiger charge is 2.21. The Morgan fingerprint density at radius 2 is 2.05 bits per heavy atom. The molecule has 0 saturated carbocycles. The van der Waals surface area contributed by atoms with Crippen LogP contribution in [0.2, 0.25) is 0 Å². The highest BCUT2D eigenvalue weighted by atomic mass is 79.9. The molecular formula is C14H17Br2NOS. The van der Waals surface area contributed by atoms with E-state index in [0.29, 0.717) is 0 Å². The quantitative estimate of drug-likeness (QED) is 0.701. The van der Waals surface area contributed by atoms with Crippen LogP contribution in [-0.2, 0) is 0 Å². The van der Waals surface area contributed by atoms with Crippen LogP contribution in [0.4, 0.5) is 0 Å². The number of hydrogen-bond donors (Lipinski definition) is 1. The van der Waals surface area contributed by atoms with Crippen molar-refractivity contribution < 1.29 is 4.42 Å². The number of thiophene rings is 1. The van der Waals surface area contributed by atoms with E-state index in [9.17, 15) is 0 Å². The Morgan fingerprint density at radius 1 is 1.32 bits per heavy atom. The zero-order valence-electron chi connectivity index (χ0n) is 11.2. The van der Waals surface area contributed by atoms with E-state index in [4.69, 9.17) is 4.42 Å². The molecule has 0 bridgehead atoms. The second kappa shape index (κ2) is 6.57. The second-order valence-electron chi connectivity index (χ2n) is 4.53. The number of hydrogen-bond acceptors (Lipinski definition) is 3. The van der Waals surface area contributed by atoms with Crippen molar-refractivity contribution in [2.75, 3.05) is 6.54 Å². The molecule has 2 aromatic heterocycles. The average Bonchev–Trinajstić information content (AvgIpc) is 2.84. The predicted octanol–water partition coefficient (Wildman–Crippen LogP) is 5.57. The van der Waals surface area contributed by atoms with Gasteiger partial charge in [-0.2, -0.15) is 0 Å². The Balaban J connectivity index is 2.38. The molecular weight excluding hydrogens is 390 g/mol. The minimum atomic E-state index is 0.199. The van der Waals surface area contributed by atoms with Crippen molar-refractivity contribution in [3.05, 3.63) is 42.4 Å². The summed E-state index contributed by atoms with van der Waals surface area (Å²) < 4.78 is 7.91. The Bertz CT molecular complexity index is 542. The third kappa shape index (κ3) is 3.51. The topological polar surface area (TPSA) is 25.2 Å². The molecule has 0 aliphatic carbocycles. The highest BCUT2D eigenvalue weighted by Crippen LogP contribution is 2.38. The molecule has 0 fully saturated rings. The molecule has 0 saturated heterocycles. The minimum Gasteiger partial charge on any atom is -0.466 e. The van der Waals surface area contributed by atoms with Crippen LogP contribution in [0, 0.1) is 13.8 Å². The molecule has 1 unspecified atom stereocenters. The minimum absolute atomic E-state index is 0.199. The molecule has 0 spiro atoms. The van der Waals surface area contributed by atoms with Crippen LogP contribution < -0.4 is 5.32 Å². The van der Waals surface area contributed by atoms with Crippen LogP contribution in [0.3, 0.4) is 0 Å². The molecule has 1 atom stereocenters. The van der Waals surface area contributed by atoms with Gasteiger partial charge in [0.25, 0.3) is 0 Å². The van der Waals surface area contributed by atoms with Gasteiger partial charge < -0.3 is 9.73 Å². The van der Waals surface area contributed by atoms with Crippen molar-refractivity contribution in [1.29, 1.82) is 0 Å². The molecule has 0 aliphatic heterocycles. The molecule has 1 N–H and O–H groups in total. The van der Waals surface area contributed by atoms with Gasteiger partial charge in [0.2, 0.25) is 0 Å². The zero-order chi connectivity index (χ0) is 14.0. The summed E-state index contributed by atoms with van der Waals surface area (Å²) in [5.41, 5.74) is 1.23. The van der Waals surface area contributed by atoms with E-state index in [1.54, 1.807) is 11.3 Å². The number of furan rings is 1. The molecule has 19 heavy (non-hydrogen) atoms. The van der Waals surface area contributed by atoms with Crippen molar-refractivity contribution in [1.82, 2.24) is 5.32 Å². The maximum atomic E-state index is 5.68. The van der Waals surface area contributed by atoms with E-state index in [-0.39, 0.29) is 6.04 Å². The van der Waals surface area contributed by atoms with Gasteiger partial charge in [-0.15, -0.1) is 11.3 Å². The molecule has 0 aromatic carbocycles. The van der Waals surface area contributed by atoms with Gasteiger partial charge in [-0.1, -0.05) is 6.92 Å². The van der Waals surface area contributed by atoms with Crippen LogP contribution in [-0.4, -0.2) is 6.54 Å². The summed E-state index contributed by atoms with van der Waals surface area (Å²) in [6, 6.07) is 4.50. The standard InChI is InChI=1S/C14H17Br2NOS/c1-4-5-17-13(10-6-8(2)18-9(10)3)12-7-11(15)14(16)19-12/h6-7,13,17H,4-5H2,1-3H3. The third-order valence-corrected chi connectivity index (χ3v) is 6.26. The van der Waals surface area contributed by atoms with Crippen molar-refractivity contribution in [2.45, 2.75) is 33.2 Å². The van der Waals surface area contributed by atoms with Crippen LogP contribution in [0.25, 0.3) is 0 Å². The van der Waals surface area contributed by atoms with Crippen molar-refractivity contribution in [3.8, 4) is 0 Å². The third-order valence-electron chi connectivity index (χ3n) is 2.94. The summed E-state index contributed by atoms with van der Waals surface area (Å²) in [4.78, 5) is 1.29. The Labute approximate surface area is 134 Å². The predicted molar refractivity (Wildman–Crippen MR) is 88.0 cm³/mol. The van der Waals surface area contributed by atoms with Gasteiger partial charge in [-0.3, -0.25) is 0 Å². The number of aryl methyl sites for hydroxylation is 2. The fraction of sp³-hybridized carbons (Fsp3) is 0.429. The Hall–Kier alpha value is -0.100. The van der Waals surface area contributed by atoms with Gasteiger partial charge in [-0.25, -0.2) is 0 Å². The van der Waals surface area contributed by atoms with Gasteiger partial charge in [0.15, 0.2) is 0 Å². The first-order valence-corrected chi connectivity index (χ1v) is 8.68. The Kier molecular flexibility index (Phi) is 5.29. The largest absolute Gasteiger partial charge is 0.466 e. The highest BCUT2D eigenvalue weighted by molar-refractivity contribution is 9.13. The van der Waals surface area contributed by atoms with E-state index in [0.717, 1.165) is 32.7 Å². The summed E-state index contributed by atoms with van der Waals surface area (Å²) in [5, 5.41) is 3.61. The molecule has 2 heterocycles. The van der Waals surface area contributed by atoms with E-state index in [2.05, 4.69) is 56.2 Å². The van der Waals surface area contributed by atoms with Crippen LogP contribution >= 0.6 is 43.2 Å². The fourth-order valence-corrected chi connectivity index (χ4v) is 4.28. The van der Waals surface area contributed by atoms with Crippen molar-refractivity contribution in [2.24, 2.45) is 0 Å². The van der Waals surface area contributed by atoms with Crippen molar-refractivity contribution in [3.63, 3.8) is 0 Å². The second-order valence-corrected chi connectivity index (χ2v) is 7.78. The molecule has 0 radical (unpaired) electrons. The SMILES string of the molecule is CCCNC(c1cc(Br)c(Br)s1)c1cc(C)oc1C. The maximum absolute atomic E-state index is 5.68. The van der Waals surface area contributed by atoms with E-state index in [1.807, 2.05) is 13.8 Å². The van der Waals surface area contributed by atoms with Gasteiger partial charge >= 0.3 is 0 Å². The van der Waals surface area contributed by atoms with Crippen molar-refractivity contribution >= 4 is 43.2 Å². The fourth-order valence-electron chi connectivity index (χ4n) is 2.10. The molecule has 5 heteroatoms. The van der Waals surface area contributed by atoms with Gasteiger partial charge in [0.05, 0.1) is 9.83 Å². The lowest BCUT2D eigenvalue weighted by Crippen LogP contribution is -2.22. The van der Waals surface area contributed by atoms with E-state index < -0.39 is 0 Å². The first-order chi connectivity index (χ1) is 9.02. The molecule has 0 amide bonds. The lowest BCUT2D eigenvalue weighted by molar-refractivity contribution is 0.494. The summed E-state index contributed by atoms with van der Waals surface area (Å²) in [7, 11) is 0. The number of rotatable bonds is 5. The van der Waals surface area contributed by atoms with E-state index in [1.165, 1.54) is 10.4 Å². The monoisotopic (exact) mass is 405 g/mol.